The summed E-state index contributed by atoms with van der Waals surface area (Å²) >= 11 is 0. The van der Waals surface area contributed by atoms with Gasteiger partial charge in [0, 0.05) is 13.1 Å². The molecule has 0 aliphatic heterocycles. The maximum absolute atomic E-state index is 10.9. The average Bonchev–Trinajstić information content (AvgIpc) is 2.44. The minimum absolute atomic E-state index is 0.0568. The monoisotopic (exact) mass is 285 g/mol. The predicted octanol–water partition coefficient (Wildman–Crippen LogP) is 0.627. The molecule has 0 unspecified atom stereocenters. The number of nitrogens with zero attached hydrogens (tertiary/aromatic N) is 3. The second-order valence-corrected chi connectivity index (χ2v) is 3.87. The van der Waals surface area contributed by atoms with E-state index in [4.69, 9.17) is 9.84 Å². The van der Waals surface area contributed by atoms with Crippen molar-refractivity contribution in [2.24, 2.45) is 0 Å². The molecule has 0 saturated carbocycles. The molecule has 1 aromatic heterocycles. The lowest BCUT2D eigenvalue weighted by Crippen LogP contribution is -2.14. The minimum atomic E-state index is -0.541. The number of aromatic nitrogens is 2. The number of nitrogens with one attached hydrogen (secondary N) is 2. The Morgan fingerprint density at radius 3 is 2.85 bits per heavy atom. The molecule has 0 fully saturated rings. The first-order chi connectivity index (χ1) is 9.69. The van der Waals surface area contributed by atoms with Crippen molar-refractivity contribution in [2.45, 2.75) is 13.3 Å². The highest BCUT2D eigenvalue weighted by Crippen LogP contribution is 2.21. The van der Waals surface area contributed by atoms with Gasteiger partial charge >= 0.3 is 5.69 Å². The van der Waals surface area contributed by atoms with Gasteiger partial charge in [0.25, 0.3) is 0 Å². The van der Waals surface area contributed by atoms with Crippen LogP contribution < -0.4 is 10.6 Å². The highest BCUT2D eigenvalue weighted by atomic mass is 16.6. The average molecular weight is 285 g/mol. The normalized spacial score (nSPS) is 10.3. The van der Waals surface area contributed by atoms with Gasteiger partial charge in [-0.1, -0.05) is 6.92 Å². The lowest BCUT2D eigenvalue weighted by molar-refractivity contribution is -0.384. The Hall–Kier alpha value is -2.00. The van der Waals surface area contributed by atoms with E-state index in [0.717, 1.165) is 6.42 Å². The number of anilines is 2. The third kappa shape index (κ3) is 5.33. The van der Waals surface area contributed by atoms with Gasteiger partial charge in [-0.3, -0.25) is 10.1 Å². The Morgan fingerprint density at radius 2 is 2.20 bits per heavy atom. The largest absolute Gasteiger partial charge is 0.394 e. The minimum Gasteiger partial charge on any atom is -0.394 e. The summed E-state index contributed by atoms with van der Waals surface area (Å²) in [4.78, 5) is 18.3. The Kier molecular flexibility index (Phi) is 7.22. The van der Waals surface area contributed by atoms with E-state index in [1.807, 2.05) is 6.92 Å². The van der Waals surface area contributed by atoms with Gasteiger partial charge in [0.2, 0.25) is 11.8 Å². The van der Waals surface area contributed by atoms with E-state index in [1.165, 1.54) is 6.20 Å². The van der Waals surface area contributed by atoms with E-state index in [-0.39, 0.29) is 24.7 Å². The van der Waals surface area contributed by atoms with Crippen LogP contribution in [-0.4, -0.2) is 52.9 Å². The van der Waals surface area contributed by atoms with Crippen molar-refractivity contribution in [3.63, 3.8) is 0 Å². The molecule has 0 amide bonds. The number of aliphatic hydroxyl groups is 1. The molecular formula is C11H19N5O4. The van der Waals surface area contributed by atoms with Crippen molar-refractivity contribution in [2.75, 3.05) is 43.5 Å². The van der Waals surface area contributed by atoms with E-state index >= 15 is 0 Å². The number of rotatable bonds is 10. The second-order valence-electron chi connectivity index (χ2n) is 3.87. The summed E-state index contributed by atoms with van der Waals surface area (Å²) < 4.78 is 5.06. The van der Waals surface area contributed by atoms with E-state index in [2.05, 4.69) is 20.6 Å². The Bertz CT molecular complexity index is 429. The van der Waals surface area contributed by atoms with Crippen LogP contribution >= 0.6 is 0 Å². The molecule has 0 saturated heterocycles. The molecule has 0 aliphatic rings. The first kappa shape index (κ1) is 16.1. The van der Waals surface area contributed by atoms with E-state index in [9.17, 15) is 10.1 Å². The molecular weight excluding hydrogens is 266 g/mol. The van der Waals surface area contributed by atoms with Gasteiger partial charge in [0.15, 0.2) is 0 Å². The first-order valence-corrected chi connectivity index (χ1v) is 6.36. The first-order valence-electron chi connectivity index (χ1n) is 6.36. The molecule has 0 bridgehead atoms. The molecule has 9 heteroatoms. The summed E-state index contributed by atoms with van der Waals surface area (Å²) in [5.41, 5.74) is -0.186. The summed E-state index contributed by atoms with van der Waals surface area (Å²) in [5, 5.41) is 25.2. The molecule has 1 rings (SSSR count). The number of aliphatic hydroxyl groups excluding tert-OH is 1. The fourth-order valence-corrected chi connectivity index (χ4v) is 1.37. The Balaban J connectivity index is 2.65. The lowest BCUT2D eigenvalue weighted by Gasteiger charge is -2.08. The van der Waals surface area contributed by atoms with E-state index in [1.54, 1.807) is 0 Å². The van der Waals surface area contributed by atoms with Crippen molar-refractivity contribution in [3.8, 4) is 0 Å². The SMILES string of the molecule is CCCNc1ncc([N+](=O)[O-])c(NCCOCCO)n1. The molecule has 9 nitrogen and oxygen atoms in total. The summed E-state index contributed by atoms with van der Waals surface area (Å²) in [7, 11) is 0. The van der Waals surface area contributed by atoms with Crippen molar-refractivity contribution < 1.29 is 14.8 Å². The maximum Gasteiger partial charge on any atom is 0.329 e. The Morgan fingerprint density at radius 1 is 1.40 bits per heavy atom. The Labute approximate surface area is 116 Å². The van der Waals surface area contributed by atoms with Crippen LogP contribution in [0.25, 0.3) is 0 Å². The molecule has 0 aromatic carbocycles. The van der Waals surface area contributed by atoms with Crippen LogP contribution in [0.2, 0.25) is 0 Å². The standard InChI is InChI=1S/C11H19N5O4/c1-2-3-13-11-14-8-9(16(18)19)10(15-11)12-4-6-20-7-5-17/h8,17H,2-7H2,1H3,(H2,12,13,14,15). The molecule has 0 aliphatic carbocycles. The smallest absolute Gasteiger partial charge is 0.329 e. The second kappa shape index (κ2) is 8.99. The fraction of sp³-hybridized carbons (Fsp3) is 0.636. The van der Waals surface area contributed by atoms with Gasteiger partial charge in [-0.15, -0.1) is 0 Å². The van der Waals surface area contributed by atoms with Crippen LogP contribution in [-0.2, 0) is 4.74 Å². The van der Waals surface area contributed by atoms with Crippen LogP contribution in [0, 0.1) is 10.1 Å². The number of nitro groups is 1. The molecule has 1 heterocycles. The quantitative estimate of drug-likeness (QED) is 0.325. The van der Waals surface area contributed by atoms with E-state index in [0.29, 0.717) is 25.6 Å². The predicted molar refractivity (Wildman–Crippen MR) is 73.9 cm³/mol. The van der Waals surface area contributed by atoms with E-state index < -0.39 is 4.92 Å². The maximum atomic E-state index is 10.9. The molecule has 3 N–H and O–H groups in total. The van der Waals surface area contributed by atoms with Gasteiger partial charge in [-0.25, -0.2) is 4.98 Å². The highest BCUT2D eigenvalue weighted by molar-refractivity contribution is 5.56. The van der Waals surface area contributed by atoms with Crippen LogP contribution in [0.1, 0.15) is 13.3 Å². The third-order valence-corrected chi connectivity index (χ3v) is 2.27. The van der Waals surface area contributed by atoms with Gasteiger partial charge in [0.05, 0.1) is 24.7 Å². The summed E-state index contributed by atoms with van der Waals surface area (Å²) in [6, 6.07) is 0. The molecule has 0 spiro atoms. The highest BCUT2D eigenvalue weighted by Gasteiger charge is 2.16. The van der Waals surface area contributed by atoms with Crippen molar-refractivity contribution >= 4 is 17.5 Å². The number of hydrogen-bond acceptors (Lipinski definition) is 8. The summed E-state index contributed by atoms with van der Waals surface area (Å²) in [6.07, 6.45) is 2.07. The molecule has 20 heavy (non-hydrogen) atoms. The van der Waals surface area contributed by atoms with Crippen molar-refractivity contribution in [1.29, 1.82) is 0 Å². The molecule has 1 aromatic rings. The van der Waals surface area contributed by atoms with Gasteiger partial charge in [-0.2, -0.15) is 4.98 Å². The van der Waals surface area contributed by atoms with Gasteiger partial charge < -0.3 is 20.5 Å². The van der Waals surface area contributed by atoms with Crippen LogP contribution in [0.4, 0.5) is 17.5 Å². The van der Waals surface area contributed by atoms with Crippen LogP contribution in [0.3, 0.4) is 0 Å². The lowest BCUT2D eigenvalue weighted by atomic mass is 10.4. The zero-order chi connectivity index (χ0) is 14.8. The fourth-order valence-electron chi connectivity index (χ4n) is 1.37. The van der Waals surface area contributed by atoms with Gasteiger partial charge in [-0.05, 0) is 6.42 Å². The molecule has 112 valence electrons. The van der Waals surface area contributed by atoms with Gasteiger partial charge in [0.1, 0.15) is 6.20 Å². The number of hydrogen-bond donors (Lipinski definition) is 3. The zero-order valence-electron chi connectivity index (χ0n) is 11.3. The third-order valence-electron chi connectivity index (χ3n) is 2.27. The van der Waals surface area contributed by atoms with Crippen molar-refractivity contribution in [3.05, 3.63) is 16.3 Å². The van der Waals surface area contributed by atoms with Crippen LogP contribution in [0.15, 0.2) is 6.20 Å². The molecule has 0 radical (unpaired) electrons. The summed E-state index contributed by atoms with van der Waals surface area (Å²) in [5.74, 6) is 0.493. The van der Waals surface area contributed by atoms with Crippen LogP contribution in [0.5, 0.6) is 0 Å². The topological polar surface area (TPSA) is 122 Å². The summed E-state index contributed by atoms with van der Waals surface area (Å²) in [6.45, 7) is 3.53. The number of ether oxygens (including phenoxy) is 1. The zero-order valence-corrected chi connectivity index (χ0v) is 11.3. The molecule has 0 atom stereocenters. The van der Waals surface area contributed by atoms with Crippen molar-refractivity contribution in [1.82, 2.24) is 9.97 Å².